The molecule has 2 atom stereocenters. The molecule has 0 spiro atoms. The number of rotatable bonds is 6. The Labute approximate surface area is 120 Å². The van der Waals surface area contributed by atoms with Gasteiger partial charge in [-0.1, -0.05) is 42.5 Å². The number of nitrogens with one attached hydrogen (secondary N) is 1. The monoisotopic (exact) mass is 271 g/mol. The van der Waals surface area contributed by atoms with Gasteiger partial charge < -0.3 is 15.2 Å². The number of hydrogen-bond donors (Lipinski definition) is 2. The highest BCUT2D eigenvalue weighted by Crippen LogP contribution is 2.20. The summed E-state index contributed by atoms with van der Waals surface area (Å²) in [6, 6.07) is 17.7. The Hall–Kier alpha value is -1.84. The van der Waals surface area contributed by atoms with Gasteiger partial charge in [-0.05, 0) is 30.2 Å². The third kappa shape index (κ3) is 3.83. The van der Waals surface area contributed by atoms with Crippen molar-refractivity contribution >= 4 is 0 Å². The first-order valence-electron chi connectivity index (χ1n) is 6.80. The van der Waals surface area contributed by atoms with E-state index in [1.165, 1.54) is 5.56 Å². The van der Waals surface area contributed by atoms with Crippen molar-refractivity contribution in [1.82, 2.24) is 5.32 Å². The Morgan fingerprint density at radius 1 is 1.05 bits per heavy atom. The van der Waals surface area contributed by atoms with Crippen LogP contribution in [0.5, 0.6) is 5.75 Å². The van der Waals surface area contributed by atoms with Gasteiger partial charge in [0.2, 0.25) is 0 Å². The number of methoxy groups -OCH3 is 1. The molecule has 0 amide bonds. The lowest BCUT2D eigenvalue weighted by Crippen LogP contribution is -2.31. The van der Waals surface area contributed by atoms with E-state index >= 15 is 0 Å². The normalized spacial score (nSPS) is 13.8. The number of hydrogen-bond acceptors (Lipinski definition) is 3. The zero-order valence-electron chi connectivity index (χ0n) is 11.9. The van der Waals surface area contributed by atoms with Crippen LogP contribution in [0.4, 0.5) is 0 Å². The van der Waals surface area contributed by atoms with Gasteiger partial charge >= 0.3 is 0 Å². The van der Waals surface area contributed by atoms with Gasteiger partial charge in [-0.15, -0.1) is 0 Å². The molecule has 3 nitrogen and oxygen atoms in total. The van der Waals surface area contributed by atoms with Crippen LogP contribution in [0.1, 0.15) is 24.2 Å². The SMILES string of the molecule is COc1ccc(C(O)C(C)NCc2ccccc2)cc1. The largest absolute Gasteiger partial charge is 0.497 e. The maximum atomic E-state index is 10.3. The van der Waals surface area contributed by atoms with Crippen LogP contribution >= 0.6 is 0 Å². The minimum absolute atomic E-state index is 0.0244. The van der Waals surface area contributed by atoms with Crippen molar-refractivity contribution in [2.45, 2.75) is 25.6 Å². The maximum Gasteiger partial charge on any atom is 0.118 e. The average molecular weight is 271 g/mol. The molecule has 0 radical (unpaired) electrons. The van der Waals surface area contributed by atoms with Crippen molar-refractivity contribution in [1.29, 1.82) is 0 Å². The average Bonchev–Trinajstić information content (AvgIpc) is 2.53. The summed E-state index contributed by atoms with van der Waals surface area (Å²) in [7, 11) is 1.63. The van der Waals surface area contributed by atoms with Gasteiger partial charge in [0, 0.05) is 12.6 Å². The van der Waals surface area contributed by atoms with Crippen LogP contribution in [0.3, 0.4) is 0 Å². The van der Waals surface area contributed by atoms with E-state index in [-0.39, 0.29) is 6.04 Å². The van der Waals surface area contributed by atoms with E-state index in [1.54, 1.807) is 7.11 Å². The third-order valence-electron chi connectivity index (χ3n) is 3.40. The first-order chi connectivity index (χ1) is 9.70. The smallest absolute Gasteiger partial charge is 0.118 e. The molecule has 0 heterocycles. The highest BCUT2D eigenvalue weighted by molar-refractivity contribution is 5.29. The Bertz CT molecular complexity index is 510. The van der Waals surface area contributed by atoms with E-state index in [0.29, 0.717) is 0 Å². The van der Waals surface area contributed by atoms with Gasteiger partial charge in [0.1, 0.15) is 5.75 Å². The van der Waals surface area contributed by atoms with Crippen molar-refractivity contribution in [3.63, 3.8) is 0 Å². The number of benzene rings is 2. The molecular formula is C17H21NO2. The molecule has 0 bridgehead atoms. The van der Waals surface area contributed by atoms with Crippen LogP contribution in [-0.4, -0.2) is 18.3 Å². The van der Waals surface area contributed by atoms with Crippen LogP contribution in [0.15, 0.2) is 54.6 Å². The molecule has 2 rings (SSSR count). The fourth-order valence-corrected chi connectivity index (χ4v) is 2.08. The Morgan fingerprint density at radius 2 is 1.70 bits per heavy atom. The predicted molar refractivity (Wildman–Crippen MR) is 80.7 cm³/mol. The lowest BCUT2D eigenvalue weighted by Gasteiger charge is -2.21. The van der Waals surface area contributed by atoms with E-state index in [4.69, 9.17) is 4.74 Å². The number of aliphatic hydroxyl groups is 1. The van der Waals surface area contributed by atoms with Gasteiger partial charge in [0.05, 0.1) is 13.2 Å². The van der Waals surface area contributed by atoms with E-state index in [1.807, 2.05) is 49.4 Å². The zero-order valence-corrected chi connectivity index (χ0v) is 11.9. The lowest BCUT2D eigenvalue weighted by molar-refractivity contribution is 0.135. The van der Waals surface area contributed by atoms with E-state index in [9.17, 15) is 5.11 Å². The Kier molecular flexibility index (Phi) is 5.16. The molecule has 0 aromatic heterocycles. The molecule has 20 heavy (non-hydrogen) atoms. The summed E-state index contributed by atoms with van der Waals surface area (Å²) in [6.45, 7) is 2.73. The van der Waals surface area contributed by atoms with E-state index < -0.39 is 6.10 Å². The summed E-state index contributed by atoms with van der Waals surface area (Å²) >= 11 is 0. The minimum atomic E-state index is -0.537. The van der Waals surface area contributed by atoms with Gasteiger partial charge in [-0.2, -0.15) is 0 Å². The molecule has 0 aliphatic rings. The molecule has 2 N–H and O–H groups in total. The second-order valence-electron chi connectivity index (χ2n) is 4.87. The summed E-state index contributed by atoms with van der Waals surface area (Å²) in [5.74, 6) is 0.797. The standard InChI is InChI=1S/C17H21NO2/c1-13(18-12-14-6-4-3-5-7-14)17(19)15-8-10-16(20-2)11-9-15/h3-11,13,17-19H,12H2,1-2H3. The maximum absolute atomic E-state index is 10.3. The minimum Gasteiger partial charge on any atom is -0.497 e. The second kappa shape index (κ2) is 7.08. The summed E-state index contributed by atoms with van der Waals surface area (Å²) in [5, 5.41) is 13.7. The predicted octanol–water partition coefficient (Wildman–Crippen LogP) is 2.91. The molecule has 0 aliphatic carbocycles. The summed E-state index contributed by atoms with van der Waals surface area (Å²) in [6.07, 6.45) is -0.537. The van der Waals surface area contributed by atoms with Crippen LogP contribution in [0.25, 0.3) is 0 Å². The van der Waals surface area contributed by atoms with Crippen molar-refractivity contribution in [2.24, 2.45) is 0 Å². The number of ether oxygens (including phenoxy) is 1. The Balaban J connectivity index is 1.92. The topological polar surface area (TPSA) is 41.5 Å². The van der Waals surface area contributed by atoms with Crippen molar-refractivity contribution in [3.05, 3.63) is 65.7 Å². The van der Waals surface area contributed by atoms with Crippen LogP contribution in [-0.2, 0) is 6.54 Å². The Morgan fingerprint density at radius 3 is 2.30 bits per heavy atom. The quantitative estimate of drug-likeness (QED) is 0.849. The molecule has 2 unspecified atom stereocenters. The molecule has 106 valence electrons. The van der Waals surface area contributed by atoms with Crippen LogP contribution < -0.4 is 10.1 Å². The molecule has 3 heteroatoms. The van der Waals surface area contributed by atoms with Gasteiger partial charge in [0.25, 0.3) is 0 Å². The van der Waals surface area contributed by atoms with Crippen molar-refractivity contribution in [3.8, 4) is 5.75 Å². The fourth-order valence-electron chi connectivity index (χ4n) is 2.08. The fraction of sp³-hybridized carbons (Fsp3) is 0.294. The van der Waals surface area contributed by atoms with Gasteiger partial charge in [-0.3, -0.25) is 0 Å². The third-order valence-corrected chi connectivity index (χ3v) is 3.40. The highest BCUT2D eigenvalue weighted by atomic mass is 16.5. The molecule has 0 fully saturated rings. The molecule has 0 saturated carbocycles. The molecule has 0 aliphatic heterocycles. The van der Waals surface area contributed by atoms with Gasteiger partial charge in [0.15, 0.2) is 0 Å². The van der Waals surface area contributed by atoms with Crippen LogP contribution in [0, 0.1) is 0 Å². The first kappa shape index (κ1) is 14.6. The molecule has 2 aromatic carbocycles. The first-order valence-corrected chi connectivity index (χ1v) is 6.80. The van der Waals surface area contributed by atoms with Crippen LogP contribution in [0.2, 0.25) is 0 Å². The second-order valence-corrected chi connectivity index (χ2v) is 4.87. The van der Waals surface area contributed by atoms with Crippen molar-refractivity contribution in [2.75, 3.05) is 7.11 Å². The summed E-state index contributed by atoms with van der Waals surface area (Å²) < 4.78 is 5.12. The van der Waals surface area contributed by atoms with E-state index in [2.05, 4.69) is 17.4 Å². The van der Waals surface area contributed by atoms with E-state index in [0.717, 1.165) is 17.9 Å². The summed E-state index contributed by atoms with van der Waals surface area (Å²) in [4.78, 5) is 0. The highest BCUT2D eigenvalue weighted by Gasteiger charge is 2.15. The molecule has 0 saturated heterocycles. The molecule has 2 aromatic rings. The lowest BCUT2D eigenvalue weighted by atomic mass is 10.0. The van der Waals surface area contributed by atoms with Gasteiger partial charge in [-0.25, -0.2) is 0 Å². The van der Waals surface area contributed by atoms with Crippen molar-refractivity contribution < 1.29 is 9.84 Å². The number of aliphatic hydroxyl groups excluding tert-OH is 1. The molecular weight excluding hydrogens is 250 g/mol. The zero-order chi connectivity index (χ0) is 14.4. The summed E-state index contributed by atoms with van der Waals surface area (Å²) in [5.41, 5.74) is 2.10.